The van der Waals surface area contributed by atoms with E-state index in [1.165, 1.54) is 32.1 Å². The standard InChI is InChI=1S/C19H26N4O/c1-13-7-14(2)12-22(11-13)19(24)16-8-15-10-21-23(18(15)20-9-16)17-5-3-4-6-17/h8-10,13-14,17H,3-7,11-12H2,1-2H3/t13-,14+. The number of amides is 1. The Morgan fingerprint density at radius 3 is 2.54 bits per heavy atom. The second-order valence-electron chi connectivity index (χ2n) is 7.82. The van der Waals surface area contributed by atoms with Crippen molar-refractivity contribution in [3.8, 4) is 0 Å². The fourth-order valence-corrected chi connectivity index (χ4v) is 4.48. The Morgan fingerprint density at radius 2 is 1.83 bits per heavy atom. The van der Waals surface area contributed by atoms with Gasteiger partial charge in [0.05, 0.1) is 17.8 Å². The zero-order valence-electron chi connectivity index (χ0n) is 14.6. The summed E-state index contributed by atoms with van der Waals surface area (Å²) in [6.45, 7) is 6.15. The molecule has 0 spiro atoms. The number of nitrogens with zero attached hydrogens (tertiary/aromatic N) is 4. The average Bonchev–Trinajstić information content (AvgIpc) is 3.21. The minimum absolute atomic E-state index is 0.108. The fourth-order valence-electron chi connectivity index (χ4n) is 4.48. The monoisotopic (exact) mass is 326 g/mol. The molecule has 0 radical (unpaired) electrons. The minimum Gasteiger partial charge on any atom is -0.338 e. The first-order valence-electron chi connectivity index (χ1n) is 9.24. The second kappa shape index (κ2) is 6.19. The molecular formula is C19H26N4O. The van der Waals surface area contributed by atoms with Crippen molar-refractivity contribution in [1.29, 1.82) is 0 Å². The van der Waals surface area contributed by atoms with Crippen LogP contribution in [0.25, 0.3) is 11.0 Å². The summed E-state index contributed by atoms with van der Waals surface area (Å²) in [6, 6.07) is 2.44. The summed E-state index contributed by atoms with van der Waals surface area (Å²) in [4.78, 5) is 19.4. The summed E-state index contributed by atoms with van der Waals surface area (Å²) in [5, 5.41) is 5.52. The molecule has 5 heteroatoms. The first-order valence-corrected chi connectivity index (χ1v) is 9.24. The van der Waals surface area contributed by atoms with Crippen LogP contribution in [0, 0.1) is 11.8 Å². The van der Waals surface area contributed by atoms with E-state index in [9.17, 15) is 4.79 Å². The van der Waals surface area contributed by atoms with E-state index in [1.807, 2.05) is 17.2 Å². The van der Waals surface area contributed by atoms with Gasteiger partial charge in [0.2, 0.25) is 0 Å². The highest BCUT2D eigenvalue weighted by Gasteiger charge is 2.27. The Labute approximate surface area is 143 Å². The van der Waals surface area contributed by atoms with E-state index < -0.39 is 0 Å². The number of piperidine rings is 1. The Bertz CT molecular complexity index is 737. The van der Waals surface area contributed by atoms with Crippen LogP contribution in [0.2, 0.25) is 0 Å². The van der Waals surface area contributed by atoms with Crippen molar-refractivity contribution in [2.24, 2.45) is 11.8 Å². The molecule has 5 nitrogen and oxygen atoms in total. The maximum absolute atomic E-state index is 12.9. The molecule has 3 heterocycles. The number of likely N-dealkylation sites (tertiary alicyclic amines) is 1. The Balaban J connectivity index is 1.59. The van der Waals surface area contributed by atoms with Gasteiger partial charge in [0.25, 0.3) is 5.91 Å². The van der Waals surface area contributed by atoms with Gasteiger partial charge >= 0.3 is 0 Å². The number of rotatable bonds is 2. The molecule has 0 aromatic carbocycles. The molecule has 128 valence electrons. The van der Waals surface area contributed by atoms with E-state index in [4.69, 9.17) is 0 Å². The molecule has 0 unspecified atom stereocenters. The Kier molecular flexibility index (Phi) is 4.02. The van der Waals surface area contributed by atoms with Crippen LogP contribution in [0.4, 0.5) is 0 Å². The fraction of sp³-hybridized carbons (Fsp3) is 0.632. The third kappa shape index (κ3) is 2.80. The van der Waals surface area contributed by atoms with Crippen molar-refractivity contribution in [3.63, 3.8) is 0 Å². The van der Waals surface area contributed by atoms with Gasteiger partial charge < -0.3 is 4.90 Å². The number of hydrogen-bond donors (Lipinski definition) is 0. The maximum atomic E-state index is 12.9. The van der Waals surface area contributed by atoms with Gasteiger partial charge in [-0.15, -0.1) is 0 Å². The summed E-state index contributed by atoms with van der Waals surface area (Å²) in [5.74, 6) is 1.25. The number of aromatic nitrogens is 3. The Morgan fingerprint density at radius 1 is 1.12 bits per heavy atom. The molecule has 2 fully saturated rings. The van der Waals surface area contributed by atoms with Gasteiger partial charge in [0, 0.05) is 24.7 Å². The van der Waals surface area contributed by atoms with Gasteiger partial charge in [0.15, 0.2) is 5.65 Å². The van der Waals surface area contributed by atoms with Crippen LogP contribution in [0.3, 0.4) is 0 Å². The zero-order chi connectivity index (χ0) is 16.7. The SMILES string of the molecule is C[C@@H]1C[C@H](C)CN(C(=O)c2cnc3c(cnn3C3CCCC3)c2)C1. The molecular weight excluding hydrogens is 300 g/mol. The number of hydrogen-bond acceptors (Lipinski definition) is 3. The maximum Gasteiger partial charge on any atom is 0.255 e. The van der Waals surface area contributed by atoms with Crippen molar-refractivity contribution in [2.45, 2.75) is 52.0 Å². The summed E-state index contributed by atoms with van der Waals surface area (Å²) in [6.07, 6.45) is 9.71. The van der Waals surface area contributed by atoms with Gasteiger partial charge in [-0.1, -0.05) is 26.7 Å². The molecule has 2 aromatic rings. The predicted octanol–water partition coefficient (Wildman–Crippen LogP) is 3.66. The quantitative estimate of drug-likeness (QED) is 0.846. The lowest BCUT2D eigenvalue weighted by molar-refractivity contribution is 0.0623. The van der Waals surface area contributed by atoms with Gasteiger partial charge in [-0.3, -0.25) is 4.79 Å². The molecule has 1 saturated heterocycles. The minimum atomic E-state index is 0.108. The first kappa shape index (κ1) is 15.6. The number of carbonyl (C=O) groups excluding carboxylic acids is 1. The smallest absolute Gasteiger partial charge is 0.255 e. The molecule has 1 saturated carbocycles. The lowest BCUT2D eigenvalue weighted by Crippen LogP contribution is -2.42. The van der Waals surface area contributed by atoms with E-state index in [0.29, 0.717) is 23.4 Å². The van der Waals surface area contributed by atoms with Crippen molar-refractivity contribution >= 4 is 16.9 Å². The van der Waals surface area contributed by atoms with Gasteiger partial charge in [-0.25, -0.2) is 9.67 Å². The van der Waals surface area contributed by atoms with E-state index in [-0.39, 0.29) is 5.91 Å². The van der Waals surface area contributed by atoms with E-state index in [1.54, 1.807) is 6.20 Å². The molecule has 1 aliphatic carbocycles. The predicted molar refractivity (Wildman–Crippen MR) is 93.9 cm³/mol. The van der Waals surface area contributed by atoms with Crippen molar-refractivity contribution < 1.29 is 4.79 Å². The van der Waals surface area contributed by atoms with Gasteiger partial charge in [-0.2, -0.15) is 5.10 Å². The van der Waals surface area contributed by atoms with E-state index in [2.05, 4.69) is 28.6 Å². The number of carbonyl (C=O) groups is 1. The number of fused-ring (bicyclic) bond motifs is 1. The van der Waals surface area contributed by atoms with E-state index in [0.717, 1.165) is 24.1 Å². The van der Waals surface area contributed by atoms with Crippen LogP contribution in [-0.2, 0) is 0 Å². The third-order valence-electron chi connectivity index (χ3n) is 5.51. The molecule has 24 heavy (non-hydrogen) atoms. The normalized spacial score (nSPS) is 25.5. The topological polar surface area (TPSA) is 51.0 Å². The first-order chi connectivity index (χ1) is 11.6. The molecule has 0 N–H and O–H groups in total. The molecule has 2 aromatic heterocycles. The van der Waals surface area contributed by atoms with Crippen molar-refractivity contribution in [3.05, 3.63) is 24.0 Å². The van der Waals surface area contributed by atoms with Crippen LogP contribution in [0.1, 0.15) is 62.4 Å². The lowest BCUT2D eigenvalue weighted by atomic mass is 9.91. The molecule has 0 bridgehead atoms. The summed E-state index contributed by atoms with van der Waals surface area (Å²) in [5.41, 5.74) is 1.61. The Hall–Kier alpha value is -1.91. The summed E-state index contributed by atoms with van der Waals surface area (Å²) in [7, 11) is 0. The average molecular weight is 326 g/mol. The lowest BCUT2D eigenvalue weighted by Gasteiger charge is -2.35. The third-order valence-corrected chi connectivity index (χ3v) is 5.51. The highest BCUT2D eigenvalue weighted by Crippen LogP contribution is 2.31. The zero-order valence-corrected chi connectivity index (χ0v) is 14.6. The van der Waals surface area contributed by atoms with Gasteiger partial charge in [-0.05, 0) is 37.2 Å². The molecule has 1 aliphatic heterocycles. The molecule has 2 atom stereocenters. The highest BCUT2D eigenvalue weighted by atomic mass is 16.2. The van der Waals surface area contributed by atoms with Crippen molar-refractivity contribution in [1.82, 2.24) is 19.7 Å². The van der Waals surface area contributed by atoms with Crippen LogP contribution in [0.5, 0.6) is 0 Å². The largest absolute Gasteiger partial charge is 0.338 e. The van der Waals surface area contributed by atoms with Crippen LogP contribution >= 0.6 is 0 Å². The molecule has 4 rings (SSSR count). The summed E-state index contributed by atoms with van der Waals surface area (Å²) < 4.78 is 2.06. The molecule has 1 amide bonds. The molecule has 2 aliphatic rings. The number of pyridine rings is 1. The van der Waals surface area contributed by atoms with Crippen LogP contribution < -0.4 is 0 Å². The summed E-state index contributed by atoms with van der Waals surface area (Å²) >= 11 is 0. The van der Waals surface area contributed by atoms with Crippen LogP contribution in [0.15, 0.2) is 18.5 Å². The van der Waals surface area contributed by atoms with Gasteiger partial charge in [0.1, 0.15) is 0 Å². The second-order valence-corrected chi connectivity index (χ2v) is 7.82. The van der Waals surface area contributed by atoms with Crippen LogP contribution in [-0.4, -0.2) is 38.7 Å². The highest BCUT2D eigenvalue weighted by molar-refractivity contribution is 5.96. The van der Waals surface area contributed by atoms with Crippen molar-refractivity contribution in [2.75, 3.05) is 13.1 Å². The van der Waals surface area contributed by atoms with E-state index >= 15 is 0 Å².